The molecule has 9 nitrogen and oxygen atoms in total. The van der Waals surface area contributed by atoms with Gasteiger partial charge in [0.2, 0.25) is 0 Å². The van der Waals surface area contributed by atoms with Gasteiger partial charge in [-0.05, 0) is 32.1 Å². The summed E-state index contributed by atoms with van der Waals surface area (Å²) in [6, 6.07) is 0. The fourth-order valence-electron chi connectivity index (χ4n) is 2.50. The van der Waals surface area contributed by atoms with E-state index in [0.717, 1.165) is 78.8 Å². The van der Waals surface area contributed by atoms with E-state index < -0.39 is 0 Å². The van der Waals surface area contributed by atoms with Crippen molar-refractivity contribution in [2.75, 3.05) is 91.9 Å². The summed E-state index contributed by atoms with van der Waals surface area (Å²) in [7, 11) is 0. The molecule has 0 radical (unpaired) electrons. The standard InChI is InChI=1S/C4H10N2.C4H8N2.C4H9NO.C4H9N.C3H6N2/c1-2-6-4-3-5-1;1-2-5-4-6-3-1;1-3-6-4-2-5-1;1-2-4-5-3-1;1-2-5-3-4-1/h5-6H,1-4H2;1-2,5-6H,3-4H2;5H,1-4H2;5H,1-4H2;3H,1-2H2,(H,4,5). The fourth-order valence-corrected chi connectivity index (χ4v) is 2.50. The van der Waals surface area contributed by atoms with Crippen molar-refractivity contribution in [3.63, 3.8) is 0 Å². The van der Waals surface area contributed by atoms with Gasteiger partial charge in [0.15, 0.2) is 0 Å². The van der Waals surface area contributed by atoms with Crippen LogP contribution < -0.4 is 37.2 Å². The molecule has 164 valence electrons. The number of rotatable bonds is 0. The lowest BCUT2D eigenvalue weighted by atomic mass is 10.4. The summed E-state index contributed by atoms with van der Waals surface area (Å²) in [5.74, 6) is 0. The average molecular weight is 399 g/mol. The molecular formula is C19H42N8O. The van der Waals surface area contributed by atoms with Gasteiger partial charge in [-0.1, -0.05) is 6.08 Å². The van der Waals surface area contributed by atoms with E-state index in [-0.39, 0.29) is 0 Å². The van der Waals surface area contributed by atoms with Gasteiger partial charge in [-0.25, -0.2) is 0 Å². The first kappa shape index (κ1) is 24.8. The molecule has 0 aliphatic carbocycles. The number of piperazine rings is 1. The van der Waals surface area contributed by atoms with E-state index in [1.807, 2.05) is 12.3 Å². The predicted octanol–water partition coefficient (Wildman–Crippen LogP) is -1.58. The lowest BCUT2D eigenvalue weighted by molar-refractivity contribution is 0.109. The maximum atomic E-state index is 5.01. The Morgan fingerprint density at radius 3 is 1.46 bits per heavy atom. The molecule has 0 unspecified atom stereocenters. The zero-order chi connectivity index (χ0) is 19.8. The highest BCUT2D eigenvalue weighted by Crippen LogP contribution is 1.90. The molecule has 5 heterocycles. The Bertz CT molecular complexity index is 299. The predicted molar refractivity (Wildman–Crippen MR) is 118 cm³/mol. The molecule has 0 aromatic rings. The van der Waals surface area contributed by atoms with Gasteiger partial charge in [0.1, 0.15) is 0 Å². The van der Waals surface area contributed by atoms with E-state index in [4.69, 9.17) is 4.74 Å². The summed E-state index contributed by atoms with van der Waals surface area (Å²) < 4.78 is 5.01. The third-order valence-electron chi connectivity index (χ3n) is 4.05. The molecule has 0 aromatic carbocycles. The van der Waals surface area contributed by atoms with Crippen molar-refractivity contribution >= 4 is 6.34 Å². The minimum atomic E-state index is 0.889. The molecular weight excluding hydrogens is 356 g/mol. The first-order valence-corrected chi connectivity index (χ1v) is 10.7. The van der Waals surface area contributed by atoms with Crippen LogP contribution >= 0.6 is 0 Å². The second-order valence-corrected chi connectivity index (χ2v) is 6.55. The molecule has 5 aliphatic heterocycles. The van der Waals surface area contributed by atoms with E-state index in [2.05, 4.69) is 42.2 Å². The first-order valence-electron chi connectivity index (χ1n) is 10.7. The van der Waals surface area contributed by atoms with Crippen molar-refractivity contribution in [1.82, 2.24) is 37.2 Å². The van der Waals surface area contributed by atoms with E-state index in [1.54, 1.807) is 6.34 Å². The second kappa shape index (κ2) is 22.1. The number of aliphatic imine (C=N–C) groups is 1. The number of nitrogens with zero attached hydrogens (tertiary/aromatic N) is 1. The molecule has 0 spiro atoms. The van der Waals surface area contributed by atoms with Crippen LogP contribution in [0.25, 0.3) is 0 Å². The monoisotopic (exact) mass is 398 g/mol. The molecule has 5 rings (SSSR count). The van der Waals surface area contributed by atoms with Gasteiger partial charge >= 0.3 is 0 Å². The van der Waals surface area contributed by atoms with Gasteiger partial charge in [-0.3, -0.25) is 10.3 Å². The second-order valence-electron chi connectivity index (χ2n) is 6.55. The summed E-state index contributed by atoms with van der Waals surface area (Å²) in [5, 5.41) is 21.8. The van der Waals surface area contributed by atoms with Gasteiger partial charge in [0.25, 0.3) is 0 Å². The molecule has 3 fully saturated rings. The molecule has 0 saturated carbocycles. The Balaban J connectivity index is 0.000000175. The van der Waals surface area contributed by atoms with E-state index in [9.17, 15) is 0 Å². The molecule has 0 bridgehead atoms. The van der Waals surface area contributed by atoms with Crippen LogP contribution in [0.4, 0.5) is 0 Å². The zero-order valence-corrected chi connectivity index (χ0v) is 17.4. The number of nitrogens with one attached hydrogen (secondary N) is 7. The Morgan fingerprint density at radius 2 is 1.29 bits per heavy atom. The number of ether oxygens (including phenoxy) is 1. The van der Waals surface area contributed by atoms with Crippen molar-refractivity contribution < 1.29 is 4.74 Å². The van der Waals surface area contributed by atoms with Gasteiger partial charge in [0, 0.05) is 52.4 Å². The fraction of sp³-hybridized carbons (Fsp3) is 0.842. The molecule has 0 amide bonds. The van der Waals surface area contributed by atoms with Crippen molar-refractivity contribution in [2.45, 2.75) is 12.8 Å². The molecule has 3 saturated heterocycles. The maximum absolute atomic E-state index is 5.01. The van der Waals surface area contributed by atoms with Crippen molar-refractivity contribution in [3.05, 3.63) is 12.3 Å². The van der Waals surface area contributed by atoms with Crippen LogP contribution in [0.15, 0.2) is 17.3 Å². The Morgan fingerprint density at radius 1 is 0.643 bits per heavy atom. The summed E-state index contributed by atoms with van der Waals surface area (Å²) in [5.41, 5.74) is 0. The summed E-state index contributed by atoms with van der Waals surface area (Å²) in [6.45, 7) is 14.8. The van der Waals surface area contributed by atoms with Crippen LogP contribution in [0.1, 0.15) is 12.8 Å². The van der Waals surface area contributed by atoms with Crippen molar-refractivity contribution in [3.8, 4) is 0 Å². The van der Waals surface area contributed by atoms with Crippen LogP contribution in [0, 0.1) is 0 Å². The SMILES string of the molecule is C1=CNCNC1.C1=NCCN1.C1CCNC1.C1CNCCN1.C1COCCN1. The maximum Gasteiger partial charge on any atom is 0.0825 e. The number of hydrogen-bond donors (Lipinski definition) is 7. The Labute approximate surface area is 170 Å². The molecule has 9 heteroatoms. The lowest BCUT2D eigenvalue weighted by Crippen LogP contribution is -2.39. The smallest absolute Gasteiger partial charge is 0.0825 e. The minimum absolute atomic E-state index is 0.889. The largest absolute Gasteiger partial charge is 0.379 e. The Kier molecular flexibility index (Phi) is 19.5. The minimum Gasteiger partial charge on any atom is -0.379 e. The third kappa shape index (κ3) is 19.5. The number of morpholine rings is 1. The molecule has 0 atom stereocenters. The van der Waals surface area contributed by atoms with E-state index in [1.165, 1.54) is 25.9 Å². The lowest BCUT2D eigenvalue weighted by Gasteiger charge is -2.11. The topological polar surface area (TPSA) is 106 Å². The van der Waals surface area contributed by atoms with Crippen LogP contribution in [0.3, 0.4) is 0 Å². The Hall–Kier alpha value is -1.23. The summed E-state index contributed by atoms with van der Waals surface area (Å²) in [4.78, 5) is 3.85. The van der Waals surface area contributed by atoms with Gasteiger partial charge in [-0.15, -0.1) is 0 Å². The van der Waals surface area contributed by atoms with Gasteiger partial charge < -0.3 is 36.6 Å². The zero-order valence-electron chi connectivity index (χ0n) is 17.4. The van der Waals surface area contributed by atoms with Crippen LogP contribution in [0.5, 0.6) is 0 Å². The summed E-state index contributed by atoms with van der Waals surface area (Å²) >= 11 is 0. The number of hydrogen-bond acceptors (Lipinski definition) is 9. The molecule has 28 heavy (non-hydrogen) atoms. The summed E-state index contributed by atoms with van der Waals surface area (Å²) in [6.07, 6.45) is 8.51. The highest BCUT2D eigenvalue weighted by Gasteiger charge is 1.94. The van der Waals surface area contributed by atoms with E-state index in [0.29, 0.717) is 0 Å². The highest BCUT2D eigenvalue weighted by atomic mass is 16.5. The van der Waals surface area contributed by atoms with Crippen LogP contribution in [-0.4, -0.2) is 98.2 Å². The average Bonchev–Trinajstić information content (AvgIpc) is 3.58. The van der Waals surface area contributed by atoms with Crippen molar-refractivity contribution in [1.29, 1.82) is 0 Å². The molecule has 0 aromatic heterocycles. The quantitative estimate of drug-likeness (QED) is 0.262. The normalized spacial score (nSPS) is 22.3. The third-order valence-corrected chi connectivity index (χ3v) is 4.05. The molecule has 5 aliphatic rings. The van der Waals surface area contributed by atoms with Gasteiger partial charge in [0.05, 0.1) is 32.8 Å². The highest BCUT2D eigenvalue weighted by molar-refractivity contribution is 5.56. The van der Waals surface area contributed by atoms with Crippen LogP contribution in [0.2, 0.25) is 0 Å². The van der Waals surface area contributed by atoms with Crippen molar-refractivity contribution in [2.24, 2.45) is 4.99 Å². The molecule has 7 N–H and O–H groups in total. The van der Waals surface area contributed by atoms with Crippen LogP contribution in [-0.2, 0) is 4.74 Å². The van der Waals surface area contributed by atoms with E-state index >= 15 is 0 Å². The first-order chi connectivity index (χ1) is 14.0. The van der Waals surface area contributed by atoms with Gasteiger partial charge in [-0.2, -0.15) is 0 Å².